The zero-order valence-electron chi connectivity index (χ0n) is 18.4. The number of para-hydroxylation sites is 1. The van der Waals surface area contributed by atoms with Gasteiger partial charge in [-0.2, -0.15) is 0 Å². The van der Waals surface area contributed by atoms with Crippen LogP contribution in [0.4, 0.5) is 0 Å². The van der Waals surface area contributed by atoms with Crippen LogP contribution < -0.4 is 5.48 Å². The van der Waals surface area contributed by atoms with E-state index in [1.54, 1.807) is 5.48 Å². The minimum Gasteiger partial charge on any atom is -0.395 e. The minimum atomic E-state index is -0.387. The Morgan fingerprint density at radius 1 is 1.34 bits per heavy atom. The lowest BCUT2D eigenvalue weighted by Crippen LogP contribution is -2.30. The van der Waals surface area contributed by atoms with Gasteiger partial charge >= 0.3 is 0 Å². The van der Waals surface area contributed by atoms with Crippen LogP contribution in [0.2, 0.25) is 0 Å². The number of allylic oxidation sites excluding steroid dienone is 4. The van der Waals surface area contributed by atoms with Crippen molar-refractivity contribution in [2.75, 3.05) is 26.2 Å². The van der Waals surface area contributed by atoms with E-state index >= 15 is 0 Å². The summed E-state index contributed by atoms with van der Waals surface area (Å²) >= 11 is 1.41. The van der Waals surface area contributed by atoms with Gasteiger partial charge in [0.05, 0.1) is 11.9 Å². The summed E-state index contributed by atoms with van der Waals surface area (Å²) in [5.41, 5.74) is 6.11. The van der Waals surface area contributed by atoms with Gasteiger partial charge in [-0.05, 0) is 42.5 Å². The van der Waals surface area contributed by atoms with E-state index < -0.39 is 0 Å². The number of thioether (sulfide) groups is 1. The second-order valence-electron chi connectivity index (χ2n) is 7.72. The highest BCUT2D eigenvalue weighted by molar-refractivity contribution is 8.04. The third kappa shape index (κ3) is 6.23. The third-order valence-corrected chi connectivity index (χ3v) is 6.94. The van der Waals surface area contributed by atoms with Gasteiger partial charge in [0.25, 0.3) is 5.91 Å². The van der Waals surface area contributed by atoms with Gasteiger partial charge in [0.15, 0.2) is 0 Å². The molecule has 170 valence electrons. The van der Waals surface area contributed by atoms with Crippen LogP contribution in [0.15, 0.2) is 77.4 Å². The first-order valence-electron chi connectivity index (χ1n) is 10.8. The van der Waals surface area contributed by atoms with E-state index in [0.29, 0.717) is 13.0 Å². The summed E-state index contributed by atoms with van der Waals surface area (Å²) in [6, 6.07) is 8.29. The Bertz CT molecular complexity index is 1040. The predicted octanol–water partition coefficient (Wildman–Crippen LogP) is 3.96. The van der Waals surface area contributed by atoms with Gasteiger partial charge in [-0.1, -0.05) is 49.1 Å². The van der Waals surface area contributed by atoms with Gasteiger partial charge in [0.1, 0.15) is 0 Å². The second kappa shape index (κ2) is 11.9. The number of benzene rings is 1. The van der Waals surface area contributed by atoms with Crippen LogP contribution in [0.25, 0.3) is 10.9 Å². The second-order valence-corrected chi connectivity index (χ2v) is 8.96. The zero-order valence-corrected chi connectivity index (χ0v) is 19.2. The smallest absolute Gasteiger partial charge is 0.257 e. The van der Waals surface area contributed by atoms with Crippen molar-refractivity contribution in [3.8, 4) is 0 Å². The molecule has 1 aliphatic rings. The van der Waals surface area contributed by atoms with Crippen LogP contribution in [0.5, 0.6) is 0 Å². The molecule has 0 bridgehead atoms. The molecule has 0 saturated heterocycles. The number of aromatic nitrogens is 1. The Balaban J connectivity index is 1.57. The molecular weight excluding hydrogens is 422 g/mol. The molecule has 0 radical (unpaired) electrons. The van der Waals surface area contributed by atoms with Crippen LogP contribution >= 0.6 is 11.8 Å². The zero-order chi connectivity index (χ0) is 22.9. The topological polar surface area (TPSA) is 88.6 Å². The lowest BCUT2D eigenvalue weighted by molar-refractivity contribution is -0.128. The number of hydrogen-bond donors (Lipinski definition) is 4. The summed E-state index contributed by atoms with van der Waals surface area (Å²) in [6.45, 7) is 8.41. The fraction of sp³-hybridized carbons (Fsp3) is 0.320. The number of aliphatic hydroxyl groups excluding tert-OH is 1. The maximum absolute atomic E-state index is 11.6. The molecule has 32 heavy (non-hydrogen) atoms. The van der Waals surface area contributed by atoms with Gasteiger partial charge in [-0.25, -0.2) is 5.48 Å². The van der Waals surface area contributed by atoms with Crippen LogP contribution in [0, 0.1) is 0 Å². The molecule has 0 spiro atoms. The molecule has 2 aromatic rings. The van der Waals surface area contributed by atoms with E-state index in [-0.39, 0.29) is 17.8 Å². The van der Waals surface area contributed by atoms with Crippen molar-refractivity contribution in [1.82, 2.24) is 15.4 Å². The summed E-state index contributed by atoms with van der Waals surface area (Å²) in [5, 5.41) is 19.3. The van der Waals surface area contributed by atoms with Crippen molar-refractivity contribution in [3.05, 3.63) is 83.0 Å². The monoisotopic (exact) mass is 453 g/mol. The highest BCUT2D eigenvalue weighted by Gasteiger charge is 2.25. The maximum Gasteiger partial charge on any atom is 0.257 e. The first-order chi connectivity index (χ1) is 15.5. The maximum atomic E-state index is 11.6. The number of fused-ring (bicyclic) bond motifs is 1. The molecule has 0 fully saturated rings. The number of nitrogens with zero attached hydrogens (tertiary/aromatic N) is 1. The molecule has 1 atom stereocenters. The Labute approximate surface area is 193 Å². The third-order valence-electron chi connectivity index (χ3n) is 5.57. The quantitative estimate of drug-likeness (QED) is 0.235. The lowest BCUT2D eigenvalue weighted by Gasteiger charge is -2.22. The molecule has 1 aromatic carbocycles. The first kappa shape index (κ1) is 24.1. The van der Waals surface area contributed by atoms with Gasteiger partial charge in [0, 0.05) is 41.6 Å². The Morgan fingerprint density at radius 2 is 2.16 bits per heavy atom. The molecule has 0 aliphatic carbocycles. The van der Waals surface area contributed by atoms with Crippen molar-refractivity contribution in [2.24, 2.45) is 0 Å². The Kier molecular flexibility index (Phi) is 8.93. The van der Waals surface area contributed by atoms with Gasteiger partial charge in [0.2, 0.25) is 0 Å². The molecule has 4 N–H and O–H groups in total. The highest BCUT2D eigenvalue weighted by Crippen LogP contribution is 2.36. The Hall–Kier alpha value is -2.58. The van der Waals surface area contributed by atoms with E-state index in [9.17, 15) is 9.90 Å². The normalized spacial score (nSPS) is 16.8. The number of H-pyrrole nitrogens is 1. The molecule has 1 aromatic heterocycles. The summed E-state index contributed by atoms with van der Waals surface area (Å²) in [7, 11) is 0. The molecule has 1 amide bonds. The highest BCUT2D eigenvalue weighted by atomic mass is 32.2. The van der Waals surface area contributed by atoms with Crippen LogP contribution in [0.3, 0.4) is 0 Å². The number of carbonyl (C=O) groups is 1. The predicted molar refractivity (Wildman–Crippen MR) is 132 cm³/mol. The van der Waals surface area contributed by atoms with Crippen molar-refractivity contribution >= 4 is 28.6 Å². The van der Waals surface area contributed by atoms with Gasteiger partial charge < -0.3 is 10.1 Å². The molecule has 1 aliphatic heterocycles. The van der Waals surface area contributed by atoms with Crippen LogP contribution in [-0.4, -0.2) is 57.6 Å². The molecule has 6 nitrogen and oxygen atoms in total. The number of hydroxylamine groups is 1. The largest absolute Gasteiger partial charge is 0.395 e. The van der Waals surface area contributed by atoms with E-state index in [1.807, 2.05) is 31.2 Å². The number of nitrogens with one attached hydrogen (secondary N) is 2. The average molecular weight is 454 g/mol. The summed E-state index contributed by atoms with van der Waals surface area (Å²) in [5.74, 6) is -0.387. The van der Waals surface area contributed by atoms with Gasteiger partial charge in [-0.15, -0.1) is 11.8 Å². The van der Waals surface area contributed by atoms with E-state index in [2.05, 4.69) is 46.9 Å². The number of aromatic amines is 1. The van der Waals surface area contributed by atoms with Crippen molar-refractivity contribution in [1.29, 1.82) is 0 Å². The average Bonchev–Trinajstić information content (AvgIpc) is 3.47. The molecular formula is C25H31N3O3S. The van der Waals surface area contributed by atoms with Crippen LogP contribution in [-0.2, 0) is 11.2 Å². The fourth-order valence-corrected chi connectivity index (χ4v) is 4.79. The summed E-state index contributed by atoms with van der Waals surface area (Å²) in [6.07, 6.45) is 11.6. The van der Waals surface area contributed by atoms with Crippen molar-refractivity contribution in [2.45, 2.75) is 25.0 Å². The summed E-state index contributed by atoms with van der Waals surface area (Å²) in [4.78, 5) is 18.1. The fourth-order valence-electron chi connectivity index (χ4n) is 3.72. The SMILES string of the molecule is C=C(/C=C\C(=C/C)CN(CCO)CCc1c[nH]c2ccccc12)C1=CCC(C(=O)NO)S1. The van der Waals surface area contributed by atoms with Crippen LogP contribution in [0.1, 0.15) is 18.9 Å². The van der Waals surface area contributed by atoms with E-state index in [4.69, 9.17) is 5.21 Å². The minimum absolute atomic E-state index is 0.110. The molecule has 1 unspecified atom stereocenters. The number of rotatable bonds is 11. The van der Waals surface area contributed by atoms with Gasteiger partial charge in [-0.3, -0.25) is 14.9 Å². The molecule has 2 heterocycles. The van der Waals surface area contributed by atoms with E-state index in [0.717, 1.165) is 41.1 Å². The first-order valence-corrected chi connectivity index (χ1v) is 11.6. The Morgan fingerprint density at radius 3 is 2.91 bits per heavy atom. The molecule has 0 saturated carbocycles. The standard InChI is InChI=1S/C25H31N3O3S/c1-3-19(9-8-18(2)23-10-11-24(32-23)25(30)27-31)17-28(14-15-29)13-12-20-16-26-22-7-5-4-6-21(20)22/h3-10,16,24,26,29,31H,2,11-15,17H2,1H3,(H,27,30)/b9-8-,19-3+. The number of hydrogen-bond acceptors (Lipinski definition) is 5. The lowest BCUT2D eigenvalue weighted by atomic mass is 10.1. The molecule has 3 rings (SSSR count). The summed E-state index contributed by atoms with van der Waals surface area (Å²) < 4.78 is 0. The number of aliphatic hydroxyl groups is 1. The van der Waals surface area contributed by atoms with Crippen molar-refractivity contribution in [3.63, 3.8) is 0 Å². The van der Waals surface area contributed by atoms with E-state index in [1.165, 1.54) is 22.7 Å². The van der Waals surface area contributed by atoms with Crippen molar-refractivity contribution < 1.29 is 15.1 Å². The number of amides is 1. The molecule has 7 heteroatoms. The number of carbonyl (C=O) groups excluding carboxylic acids is 1.